The Labute approximate surface area is 96.3 Å². The zero-order valence-corrected chi connectivity index (χ0v) is 10.5. The van der Waals surface area contributed by atoms with Crippen LogP contribution in [-0.4, -0.2) is 33.9 Å². The highest BCUT2D eigenvalue weighted by atomic mass is 31.2. The zero-order chi connectivity index (χ0) is 12.2. The third kappa shape index (κ3) is 4.26. The molecule has 0 radical (unpaired) electrons. The minimum atomic E-state index is -4.35. The summed E-state index contributed by atoms with van der Waals surface area (Å²) in [7, 11) is -4.35. The van der Waals surface area contributed by atoms with Gasteiger partial charge >= 0.3 is 7.82 Å². The topological polar surface area (TPSA) is 70.0 Å². The van der Waals surface area contributed by atoms with Gasteiger partial charge in [0, 0.05) is 12.2 Å². The first-order chi connectivity index (χ1) is 7.44. The van der Waals surface area contributed by atoms with Crippen molar-refractivity contribution in [1.29, 1.82) is 0 Å². The van der Waals surface area contributed by atoms with Crippen LogP contribution < -0.4 is 0 Å². The van der Waals surface area contributed by atoms with Gasteiger partial charge < -0.3 is 14.7 Å². The number of phosphoric acid groups is 1. The molecule has 1 aliphatic rings. The highest BCUT2D eigenvalue weighted by Gasteiger charge is 2.27. The summed E-state index contributed by atoms with van der Waals surface area (Å²) in [5, 5.41) is 0. The van der Waals surface area contributed by atoms with Gasteiger partial charge in [-0.15, -0.1) is 0 Å². The van der Waals surface area contributed by atoms with Crippen molar-refractivity contribution < 1.29 is 18.9 Å². The van der Waals surface area contributed by atoms with E-state index in [1.807, 2.05) is 0 Å². The molecule has 1 heterocycles. The third-order valence-electron chi connectivity index (χ3n) is 2.76. The maximum Gasteiger partial charge on any atom is 0.469 e. The summed E-state index contributed by atoms with van der Waals surface area (Å²) in [4.78, 5) is 19.4. The van der Waals surface area contributed by atoms with E-state index >= 15 is 0 Å². The maximum atomic E-state index is 10.6. The van der Waals surface area contributed by atoms with Crippen LogP contribution in [0.1, 0.15) is 32.6 Å². The Hall–Kier alpha value is -0.350. The van der Waals surface area contributed by atoms with Crippen molar-refractivity contribution in [2.75, 3.05) is 13.2 Å². The Morgan fingerprint density at radius 3 is 2.88 bits per heavy atom. The average Bonchev–Trinajstić information content (AvgIpc) is 2.61. The van der Waals surface area contributed by atoms with Crippen molar-refractivity contribution in [2.24, 2.45) is 0 Å². The van der Waals surface area contributed by atoms with Gasteiger partial charge in [-0.2, -0.15) is 0 Å². The number of nitrogens with zero attached hydrogens (tertiary/aromatic N) is 1. The number of rotatable bonds is 6. The minimum absolute atomic E-state index is 0.0617. The molecule has 2 N–H and O–H groups in total. The van der Waals surface area contributed by atoms with E-state index in [-0.39, 0.29) is 12.6 Å². The van der Waals surface area contributed by atoms with E-state index in [1.165, 1.54) is 0 Å². The Balaban J connectivity index is 2.46. The lowest BCUT2D eigenvalue weighted by Gasteiger charge is -2.28. The molecule has 1 saturated heterocycles. The molecule has 1 atom stereocenters. The average molecular weight is 249 g/mol. The normalized spacial score (nSPS) is 21.4. The molecule has 1 rings (SSSR count). The molecular weight excluding hydrogens is 229 g/mol. The van der Waals surface area contributed by atoms with E-state index in [9.17, 15) is 4.57 Å². The molecule has 0 aliphatic carbocycles. The maximum absolute atomic E-state index is 10.6. The molecule has 6 heteroatoms. The van der Waals surface area contributed by atoms with E-state index in [1.54, 1.807) is 0 Å². The summed E-state index contributed by atoms with van der Waals surface area (Å²) >= 11 is 0. The van der Waals surface area contributed by atoms with Crippen LogP contribution in [0.2, 0.25) is 0 Å². The van der Waals surface area contributed by atoms with Crippen molar-refractivity contribution in [2.45, 2.75) is 38.6 Å². The summed E-state index contributed by atoms with van der Waals surface area (Å²) in [6.07, 6.45) is 3.88. The smallest absolute Gasteiger partial charge is 0.370 e. The predicted molar refractivity (Wildman–Crippen MR) is 61.8 cm³/mol. The van der Waals surface area contributed by atoms with Crippen LogP contribution in [0.25, 0.3) is 0 Å². The number of phosphoric ester groups is 1. The van der Waals surface area contributed by atoms with Gasteiger partial charge in [-0.05, 0) is 19.3 Å². The number of likely N-dealkylation sites (tertiary alicyclic amines) is 1. The zero-order valence-electron chi connectivity index (χ0n) is 9.63. The van der Waals surface area contributed by atoms with Gasteiger partial charge in [0.05, 0.1) is 12.6 Å². The fraction of sp³-hybridized carbons (Fsp3) is 0.800. The molecule has 1 fully saturated rings. The predicted octanol–water partition coefficient (Wildman–Crippen LogP) is 1.87. The van der Waals surface area contributed by atoms with Crippen molar-refractivity contribution in [3.05, 3.63) is 12.3 Å². The number of hydrogen-bond acceptors (Lipinski definition) is 3. The van der Waals surface area contributed by atoms with Crippen LogP contribution in [0, 0.1) is 0 Å². The first-order valence-electron chi connectivity index (χ1n) is 5.58. The van der Waals surface area contributed by atoms with E-state index in [2.05, 4.69) is 22.9 Å². The number of hydrogen-bond donors (Lipinski definition) is 2. The monoisotopic (exact) mass is 249 g/mol. The molecule has 0 amide bonds. The molecule has 0 aromatic rings. The van der Waals surface area contributed by atoms with E-state index in [0.29, 0.717) is 0 Å². The van der Waals surface area contributed by atoms with Crippen molar-refractivity contribution in [1.82, 2.24) is 4.90 Å². The van der Waals surface area contributed by atoms with Gasteiger partial charge in [0.15, 0.2) is 0 Å². The largest absolute Gasteiger partial charge is 0.469 e. The summed E-state index contributed by atoms with van der Waals surface area (Å²) in [5.74, 6) is 0. The highest BCUT2D eigenvalue weighted by molar-refractivity contribution is 7.46. The Kier molecular flexibility index (Phi) is 4.99. The lowest BCUT2D eigenvalue weighted by molar-refractivity contribution is 0.148. The molecule has 0 aromatic heterocycles. The van der Waals surface area contributed by atoms with Gasteiger partial charge in [0.2, 0.25) is 0 Å². The summed E-state index contributed by atoms with van der Waals surface area (Å²) < 4.78 is 15.2. The second kappa shape index (κ2) is 5.82. The quantitative estimate of drug-likeness (QED) is 0.703. The van der Waals surface area contributed by atoms with E-state index in [0.717, 1.165) is 37.9 Å². The lowest BCUT2D eigenvalue weighted by Crippen LogP contribution is -2.31. The van der Waals surface area contributed by atoms with Crippen LogP contribution in [0.15, 0.2) is 12.3 Å². The summed E-state index contributed by atoms with van der Waals surface area (Å²) in [6.45, 7) is 7.07. The van der Waals surface area contributed by atoms with Crippen molar-refractivity contribution in [3.63, 3.8) is 0 Å². The standard InChI is InChI=1S/C10H20NO4P/c1-3-5-9(2)11-7-4-6-10(11)8-15-16(12,13)14/h10H,2-8H2,1H3,(H2,12,13,14). The van der Waals surface area contributed by atoms with Crippen LogP contribution in [-0.2, 0) is 9.09 Å². The SMILES string of the molecule is C=C(CCC)N1CCCC1COP(=O)(O)O. The molecule has 0 spiro atoms. The summed E-state index contributed by atoms with van der Waals surface area (Å²) in [6, 6.07) is 0.0617. The molecule has 0 saturated carbocycles. The second-order valence-electron chi connectivity index (χ2n) is 4.09. The Bertz CT molecular complexity index is 289. The fourth-order valence-corrected chi connectivity index (χ4v) is 2.41. The first kappa shape index (κ1) is 13.7. The molecule has 94 valence electrons. The van der Waals surface area contributed by atoms with Crippen molar-refractivity contribution >= 4 is 7.82 Å². The van der Waals surface area contributed by atoms with Gasteiger partial charge in [-0.25, -0.2) is 4.57 Å². The first-order valence-corrected chi connectivity index (χ1v) is 7.11. The third-order valence-corrected chi connectivity index (χ3v) is 3.24. The molecule has 0 bridgehead atoms. The second-order valence-corrected chi connectivity index (χ2v) is 5.33. The molecule has 5 nitrogen and oxygen atoms in total. The van der Waals surface area contributed by atoms with Crippen LogP contribution >= 0.6 is 7.82 Å². The lowest BCUT2D eigenvalue weighted by atomic mass is 10.2. The van der Waals surface area contributed by atoms with Gasteiger partial charge in [0.1, 0.15) is 0 Å². The van der Waals surface area contributed by atoms with Crippen LogP contribution in [0.3, 0.4) is 0 Å². The molecule has 1 unspecified atom stereocenters. The van der Waals surface area contributed by atoms with Gasteiger partial charge in [-0.1, -0.05) is 19.9 Å². The summed E-state index contributed by atoms with van der Waals surface area (Å²) in [5.41, 5.74) is 1.04. The van der Waals surface area contributed by atoms with Gasteiger partial charge in [-0.3, -0.25) is 4.52 Å². The molecule has 1 aliphatic heterocycles. The highest BCUT2D eigenvalue weighted by Crippen LogP contribution is 2.37. The number of allylic oxidation sites excluding steroid dienone is 1. The molecule has 16 heavy (non-hydrogen) atoms. The minimum Gasteiger partial charge on any atom is -0.370 e. The van der Waals surface area contributed by atoms with E-state index < -0.39 is 7.82 Å². The molecular formula is C10H20NO4P. The Morgan fingerprint density at radius 1 is 1.62 bits per heavy atom. The van der Waals surface area contributed by atoms with Crippen LogP contribution in [0.4, 0.5) is 0 Å². The van der Waals surface area contributed by atoms with E-state index in [4.69, 9.17) is 9.79 Å². The van der Waals surface area contributed by atoms with Gasteiger partial charge in [0.25, 0.3) is 0 Å². The van der Waals surface area contributed by atoms with Crippen LogP contribution in [0.5, 0.6) is 0 Å². The van der Waals surface area contributed by atoms with Crippen molar-refractivity contribution in [3.8, 4) is 0 Å². The fourth-order valence-electron chi connectivity index (χ4n) is 2.04. The molecule has 0 aromatic carbocycles. The Morgan fingerprint density at radius 2 is 2.31 bits per heavy atom.